The number of hydrogen-bond donors (Lipinski definition) is 2. The fraction of sp³-hybridized carbons (Fsp3) is 0. The second-order valence-corrected chi connectivity index (χ2v) is 3.32. The monoisotopic (exact) mass is 250 g/mol. The highest BCUT2D eigenvalue weighted by Gasteiger charge is 1.87. The van der Waals surface area contributed by atoms with Gasteiger partial charge in [-0.3, -0.25) is 0 Å². The van der Waals surface area contributed by atoms with Crippen LogP contribution >= 0.6 is 11.6 Å². The fourth-order valence-electron chi connectivity index (χ4n) is 0.853. The van der Waals surface area contributed by atoms with E-state index < -0.39 is 0 Å². The highest BCUT2D eigenvalue weighted by Crippen LogP contribution is 2.04. The fourth-order valence-corrected chi connectivity index (χ4v) is 1.02. The van der Waals surface area contributed by atoms with Crippen molar-refractivity contribution >= 4 is 29.1 Å². The van der Waals surface area contributed by atoms with Crippen LogP contribution in [-0.4, -0.2) is 20.4 Å². The first-order valence-electron chi connectivity index (χ1n) is 4.56. The summed E-state index contributed by atoms with van der Waals surface area (Å²) < 4.78 is 0. The van der Waals surface area contributed by atoms with Gasteiger partial charge in [0.2, 0.25) is 0 Å². The predicted octanol–water partition coefficient (Wildman–Crippen LogP) is 1.41. The van der Waals surface area contributed by atoms with Crippen molar-refractivity contribution in [1.29, 1.82) is 0 Å². The van der Waals surface area contributed by atoms with Gasteiger partial charge in [0, 0.05) is 6.07 Å². The molecule has 6 nitrogen and oxygen atoms in total. The molecule has 17 heavy (non-hydrogen) atoms. The molecule has 0 saturated heterocycles. The van der Waals surface area contributed by atoms with Crippen molar-refractivity contribution in [2.24, 2.45) is 0 Å². The Morgan fingerprint density at radius 2 is 1.65 bits per heavy atom. The summed E-state index contributed by atoms with van der Waals surface area (Å²) in [6, 6.07) is 3.24. The maximum absolute atomic E-state index is 5.39. The Kier molecular flexibility index (Phi) is 4.83. The first kappa shape index (κ1) is 12.9. The van der Waals surface area contributed by atoms with Crippen molar-refractivity contribution < 1.29 is 0 Å². The van der Waals surface area contributed by atoms with E-state index in [1.807, 2.05) is 0 Å². The van der Waals surface area contributed by atoms with E-state index in [9.17, 15) is 0 Å². The molecule has 88 valence electrons. The van der Waals surface area contributed by atoms with E-state index in [0.29, 0.717) is 22.2 Å². The van der Waals surface area contributed by atoms with E-state index in [1.54, 1.807) is 12.1 Å². The van der Waals surface area contributed by atoms with Crippen LogP contribution in [0.5, 0.6) is 0 Å². The number of halogens is 1. The molecule has 0 fully saturated rings. The largest absolute Gasteiger partial charge is 0.397 e. The molecule has 0 bridgehead atoms. The molecule has 2 rings (SSSR count). The van der Waals surface area contributed by atoms with Crippen LogP contribution in [0.25, 0.3) is 6.08 Å². The van der Waals surface area contributed by atoms with Gasteiger partial charge in [-0.15, -0.1) is 5.10 Å². The van der Waals surface area contributed by atoms with Crippen LogP contribution in [-0.2, 0) is 0 Å². The second kappa shape index (κ2) is 6.39. The van der Waals surface area contributed by atoms with Crippen LogP contribution in [0.3, 0.4) is 0 Å². The summed E-state index contributed by atoms with van der Waals surface area (Å²) in [6.07, 6.45) is 4.53. The number of aromatic nitrogens is 4. The molecule has 0 atom stereocenters. The van der Waals surface area contributed by atoms with Gasteiger partial charge in [-0.2, -0.15) is 15.3 Å². The lowest BCUT2D eigenvalue weighted by Gasteiger charge is -1.90. The number of nitrogens with zero attached hydrogens (tertiary/aromatic N) is 4. The predicted molar refractivity (Wildman–Crippen MR) is 68.0 cm³/mol. The highest BCUT2D eigenvalue weighted by atomic mass is 35.5. The molecule has 0 saturated carbocycles. The summed E-state index contributed by atoms with van der Waals surface area (Å²) in [5.41, 5.74) is 12.5. The third-order valence-corrected chi connectivity index (χ3v) is 1.73. The van der Waals surface area contributed by atoms with E-state index in [0.717, 1.165) is 0 Å². The normalized spacial score (nSPS) is 9.00. The lowest BCUT2D eigenvalue weighted by Crippen LogP contribution is -1.90. The Hall–Kier alpha value is -2.21. The van der Waals surface area contributed by atoms with Gasteiger partial charge >= 0.3 is 0 Å². The minimum Gasteiger partial charge on any atom is -0.397 e. The third kappa shape index (κ3) is 4.89. The molecular weight excluding hydrogens is 240 g/mol. The molecule has 2 aromatic heterocycles. The quantitative estimate of drug-likeness (QED) is 0.793. The first-order valence-corrected chi connectivity index (χ1v) is 4.94. The molecular formula is C10H11ClN6. The smallest absolute Gasteiger partial charge is 0.153 e. The van der Waals surface area contributed by atoms with E-state index >= 15 is 0 Å². The van der Waals surface area contributed by atoms with Crippen molar-refractivity contribution in [3.63, 3.8) is 0 Å². The topological polar surface area (TPSA) is 104 Å². The molecule has 7 heteroatoms. The minimum atomic E-state index is 0.324. The molecule has 2 aromatic rings. The molecule has 4 N–H and O–H groups in total. The number of anilines is 2. The maximum atomic E-state index is 5.39. The van der Waals surface area contributed by atoms with Gasteiger partial charge < -0.3 is 11.5 Å². The number of hydrogen-bond acceptors (Lipinski definition) is 6. The van der Waals surface area contributed by atoms with Crippen molar-refractivity contribution in [3.05, 3.63) is 42.0 Å². The van der Waals surface area contributed by atoms with Crippen LogP contribution < -0.4 is 11.5 Å². The summed E-state index contributed by atoms with van der Waals surface area (Å²) in [4.78, 5) is 0. The average Bonchev–Trinajstić information content (AvgIpc) is 2.29. The maximum Gasteiger partial charge on any atom is 0.153 e. The number of rotatable bonds is 1. The van der Waals surface area contributed by atoms with Crippen molar-refractivity contribution in [3.8, 4) is 0 Å². The molecule has 0 unspecified atom stereocenters. The van der Waals surface area contributed by atoms with Crippen LogP contribution in [0.4, 0.5) is 11.4 Å². The third-order valence-electron chi connectivity index (χ3n) is 1.55. The molecule has 2 heterocycles. The molecule has 0 radical (unpaired) electrons. The van der Waals surface area contributed by atoms with Gasteiger partial charge in [-0.1, -0.05) is 18.2 Å². The Bertz CT molecular complexity index is 484. The summed E-state index contributed by atoms with van der Waals surface area (Å²) in [7, 11) is 0. The summed E-state index contributed by atoms with van der Waals surface area (Å²) in [5.74, 6) is 0. The molecule has 0 aromatic carbocycles. The Balaban J connectivity index is 0.000000171. The summed E-state index contributed by atoms with van der Waals surface area (Å²) >= 11 is 5.39. The van der Waals surface area contributed by atoms with E-state index in [2.05, 4.69) is 27.0 Å². The van der Waals surface area contributed by atoms with Crippen LogP contribution in [0.15, 0.2) is 31.1 Å². The zero-order chi connectivity index (χ0) is 12.7. The van der Waals surface area contributed by atoms with Gasteiger partial charge in [0.15, 0.2) is 5.15 Å². The van der Waals surface area contributed by atoms with Crippen LogP contribution in [0, 0.1) is 0 Å². The van der Waals surface area contributed by atoms with E-state index in [4.69, 9.17) is 23.1 Å². The van der Waals surface area contributed by atoms with Gasteiger partial charge in [0.1, 0.15) is 0 Å². The summed E-state index contributed by atoms with van der Waals surface area (Å²) in [6.45, 7) is 3.51. The van der Waals surface area contributed by atoms with E-state index in [-0.39, 0.29) is 0 Å². The zero-order valence-corrected chi connectivity index (χ0v) is 9.67. The van der Waals surface area contributed by atoms with Gasteiger partial charge in [0.05, 0.1) is 29.5 Å². The SMILES string of the molecule is C=Cc1cc(N)cnn1.Nc1cnnc(Cl)c1. The molecule has 0 aliphatic heterocycles. The Morgan fingerprint density at radius 1 is 1.06 bits per heavy atom. The van der Waals surface area contributed by atoms with Crippen LogP contribution in [0.2, 0.25) is 5.15 Å². The van der Waals surface area contributed by atoms with Crippen molar-refractivity contribution in [2.45, 2.75) is 0 Å². The standard InChI is InChI=1S/C6H7N3.C4H4ClN3/c1-2-6-3-5(7)4-8-9-6;5-4-1-3(6)2-7-8-4/h2-4H,1H2,(H2,7,9);1-2H,(H2,6,8). The van der Waals surface area contributed by atoms with Gasteiger partial charge in [-0.25, -0.2) is 0 Å². The zero-order valence-electron chi connectivity index (χ0n) is 8.92. The molecule has 0 aliphatic rings. The van der Waals surface area contributed by atoms with Crippen molar-refractivity contribution in [2.75, 3.05) is 11.5 Å². The molecule has 0 amide bonds. The molecule has 0 aliphatic carbocycles. The van der Waals surface area contributed by atoms with Crippen LogP contribution in [0.1, 0.15) is 5.69 Å². The Morgan fingerprint density at radius 3 is 2.00 bits per heavy atom. The van der Waals surface area contributed by atoms with Gasteiger partial charge in [-0.05, 0) is 12.1 Å². The first-order chi connectivity index (χ1) is 8.11. The number of nitrogens with two attached hydrogens (primary N) is 2. The summed E-state index contributed by atoms with van der Waals surface area (Å²) in [5, 5.41) is 14.6. The second-order valence-electron chi connectivity index (χ2n) is 2.93. The minimum absolute atomic E-state index is 0.324. The molecule has 0 spiro atoms. The number of nitrogen functional groups attached to an aromatic ring is 2. The lowest BCUT2D eigenvalue weighted by molar-refractivity contribution is 1.02. The lowest BCUT2D eigenvalue weighted by atomic mass is 10.3. The van der Waals surface area contributed by atoms with E-state index in [1.165, 1.54) is 18.5 Å². The van der Waals surface area contributed by atoms with Gasteiger partial charge in [0.25, 0.3) is 0 Å². The highest BCUT2D eigenvalue weighted by molar-refractivity contribution is 6.29. The average molecular weight is 251 g/mol. The van der Waals surface area contributed by atoms with Crippen molar-refractivity contribution in [1.82, 2.24) is 20.4 Å². The Labute approximate surface area is 103 Å².